The van der Waals surface area contributed by atoms with Gasteiger partial charge in [-0.05, 0) is 57.8 Å². The lowest BCUT2D eigenvalue weighted by Crippen LogP contribution is -2.48. The molecule has 0 radical (unpaired) electrons. The zero-order valence-electron chi connectivity index (χ0n) is 9.74. The van der Waals surface area contributed by atoms with Crippen LogP contribution in [0.3, 0.4) is 0 Å². The van der Waals surface area contributed by atoms with Crippen LogP contribution in [0.25, 0.3) is 0 Å². The molecule has 3 fully saturated rings. The number of aryl methyl sites for hydroxylation is 2. The van der Waals surface area contributed by atoms with Gasteiger partial charge in [-0.15, -0.1) is 0 Å². The molecule has 3 aliphatic heterocycles. The van der Waals surface area contributed by atoms with Crippen molar-refractivity contribution in [1.29, 1.82) is 0 Å². The second-order valence-corrected chi connectivity index (χ2v) is 5.19. The molecule has 3 saturated heterocycles. The van der Waals surface area contributed by atoms with Crippen LogP contribution >= 0.6 is 0 Å². The summed E-state index contributed by atoms with van der Waals surface area (Å²) in [4.78, 5) is 2.63. The summed E-state index contributed by atoms with van der Waals surface area (Å²) in [5.41, 5.74) is 2.87. The Morgan fingerprint density at radius 3 is 2.13 bits per heavy atom. The van der Waals surface area contributed by atoms with Gasteiger partial charge in [0.1, 0.15) is 0 Å². The smallest absolute Gasteiger partial charge is 0.0491 e. The second kappa shape index (κ2) is 3.38. The lowest BCUT2D eigenvalue weighted by atomic mass is 9.83. The molecule has 2 heteroatoms. The minimum atomic E-state index is 0.752. The summed E-state index contributed by atoms with van der Waals surface area (Å²) in [7, 11) is 0. The van der Waals surface area contributed by atoms with Gasteiger partial charge in [0.25, 0.3) is 0 Å². The number of hydrogen-bond donors (Lipinski definition) is 0. The summed E-state index contributed by atoms with van der Waals surface area (Å²) in [5.74, 6) is 0.930. The fourth-order valence-electron chi connectivity index (χ4n) is 3.43. The fraction of sp³-hybridized carbons (Fsp3) is 0.692. The number of piperidine rings is 3. The van der Waals surface area contributed by atoms with E-state index in [1.807, 2.05) is 0 Å². The van der Waals surface area contributed by atoms with Crippen LogP contribution < -0.4 is 0 Å². The number of hydrogen-bond acceptors (Lipinski definition) is 1. The highest BCUT2D eigenvalue weighted by Gasteiger charge is 2.35. The van der Waals surface area contributed by atoms with Crippen molar-refractivity contribution in [2.75, 3.05) is 19.6 Å². The van der Waals surface area contributed by atoms with Crippen LogP contribution in [0.1, 0.15) is 30.3 Å². The molecular formula is C13H20N2. The molecule has 2 nitrogen and oxygen atoms in total. The van der Waals surface area contributed by atoms with Gasteiger partial charge >= 0.3 is 0 Å². The summed E-state index contributed by atoms with van der Waals surface area (Å²) >= 11 is 0. The quantitative estimate of drug-likeness (QED) is 0.682. The molecular weight excluding hydrogens is 184 g/mol. The Bertz CT molecular complexity index is 339. The lowest BCUT2D eigenvalue weighted by Gasteiger charge is -2.46. The Kier molecular flexibility index (Phi) is 2.13. The molecule has 0 saturated carbocycles. The van der Waals surface area contributed by atoms with E-state index < -0.39 is 0 Å². The average molecular weight is 204 g/mol. The van der Waals surface area contributed by atoms with Gasteiger partial charge in [-0.25, -0.2) is 0 Å². The van der Waals surface area contributed by atoms with Crippen LogP contribution in [0.5, 0.6) is 0 Å². The summed E-state index contributed by atoms with van der Waals surface area (Å²) < 4.78 is 2.57. The predicted molar refractivity (Wildman–Crippen MR) is 62.1 cm³/mol. The maximum Gasteiger partial charge on any atom is 0.0491 e. The van der Waals surface area contributed by atoms with Crippen molar-refractivity contribution < 1.29 is 0 Å². The third-order valence-electron chi connectivity index (χ3n) is 4.28. The minimum Gasteiger partial charge on any atom is -0.345 e. The molecule has 4 rings (SSSR count). The molecule has 82 valence electrons. The summed E-state index contributed by atoms with van der Waals surface area (Å²) in [6.45, 7) is 8.43. The summed E-state index contributed by atoms with van der Waals surface area (Å²) in [6, 6.07) is 5.27. The van der Waals surface area contributed by atoms with Crippen LogP contribution in [-0.2, 0) is 0 Å². The Morgan fingerprint density at radius 1 is 1.07 bits per heavy atom. The van der Waals surface area contributed by atoms with Gasteiger partial charge in [-0.3, -0.25) is 0 Å². The number of aromatic nitrogens is 1. The van der Waals surface area contributed by atoms with E-state index in [9.17, 15) is 0 Å². The van der Waals surface area contributed by atoms with E-state index in [1.54, 1.807) is 0 Å². The van der Waals surface area contributed by atoms with Gasteiger partial charge < -0.3 is 9.47 Å². The maximum atomic E-state index is 2.63. The van der Waals surface area contributed by atoms with E-state index in [2.05, 4.69) is 35.4 Å². The molecule has 1 unspecified atom stereocenters. The molecule has 0 aliphatic carbocycles. The normalized spacial score (nSPS) is 34.7. The molecule has 0 N–H and O–H groups in total. The zero-order chi connectivity index (χ0) is 10.4. The maximum absolute atomic E-state index is 2.63. The van der Waals surface area contributed by atoms with Gasteiger partial charge in [0.05, 0.1) is 0 Å². The number of rotatable bonds is 1. The first kappa shape index (κ1) is 9.46. The Balaban J connectivity index is 1.94. The van der Waals surface area contributed by atoms with E-state index in [0.717, 1.165) is 12.0 Å². The average Bonchev–Trinajstić information content (AvgIpc) is 2.60. The largest absolute Gasteiger partial charge is 0.345 e. The van der Waals surface area contributed by atoms with Crippen molar-refractivity contribution in [2.24, 2.45) is 5.92 Å². The van der Waals surface area contributed by atoms with Crippen molar-refractivity contribution in [3.05, 3.63) is 23.5 Å². The Morgan fingerprint density at radius 2 is 1.67 bits per heavy atom. The van der Waals surface area contributed by atoms with Gasteiger partial charge in [-0.2, -0.15) is 0 Å². The SMILES string of the molecule is Cc1ccc(C)n1C1CN2CCC1CC2. The fourth-order valence-corrected chi connectivity index (χ4v) is 3.43. The van der Waals surface area contributed by atoms with Crippen LogP contribution in [0.4, 0.5) is 0 Å². The molecule has 1 aromatic heterocycles. The molecule has 0 amide bonds. The topological polar surface area (TPSA) is 8.17 Å². The monoisotopic (exact) mass is 204 g/mol. The van der Waals surface area contributed by atoms with E-state index in [4.69, 9.17) is 0 Å². The summed E-state index contributed by atoms with van der Waals surface area (Å²) in [6.07, 6.45) is 2.81. The van der Waals surface area contributed by atoms with Crippen molar-refractivity contribution >= 4 is 0 Å². The van der Waals surface area contributed by atoms with Gasteiger partial charge in [0.15, 0.2) is 0 Å². The van der Waals surface area contributed by atoms with Crippen molar-refractivity contribution in [3.63, 3.8) is 0 Å². The zero-order valence-corrected chi connectivity index (χ0v) is 9.74. The highest BCUT2D eigenvalue weighted by Crippen LogP contribution is 2.37. The van der Waals surface area contributed by atoms with Crippen molar-refractivity contribution in [1.82, 2.24) is 9.47 Å². The second-order valence-electron chi connectivity index (χ2n) is 5.19. The first-order chi connectivity index (χ1) is 7.25. The third kappa shape index (κ3) is 1.43. The molecule has 3 aliphatic rings. The Labute approximate surface area is 91.9 Å². The molecule has 0 aromatic carbocycles. The van der Waals surface area contributed by atoms with E-state index in [0.29, 0.717) is 0 Å². The molecule has 15 heavy (non-hydrogen) atoms. The van der Waals surface area contributed by atoms with Gasteiger partial charge in [0, 0.05) is 24.0 Å². The minimum absolute atomic E-state index is 0.752. The van der Waals surface area contributed by atoms with E-state index in [-0.39, 0.29) is 0 Å². The van der Waals surface area contributed by atoms with Crippen molar-refractivity contribution in [3.8, 4) is 0 Å². The van der Waals surface area contributed by atoms with Crippen LogP contribution in [0.2, 0.25) is 0 Å². The van der Waals surface area contributed by atoms with E-state index in [1.165, 1.54) is 43.9 Å². The van der Waals surface area contributed by atoms with Crippen LogP contribution in [-0.4, -0.2) is 29.1 Å². The Hall–Kier alpha value is -0.760. The summed E-state index contributed by atoms with van der Waals surface area (Å²) in [5, 5.41) is 0. The number of nitrogens with zero attached hydrogens (tertiary/aromatic N) is 2. The lowest BCUT2D eigenvalue weighted by molar-refractivity contribution is 0.0555. The third-order valence-corrected chi connectivity index (χ3v) is 4.28. The molecule has 2 bridgehead atoms. The van der Waals surface area contributed by atoms with Gasteiger partial charge in [-0.1, -0.05) is 0 Å². The molecule has 1 aromatic rings. The first-order valence-electron chi connectivity index (χ1n) is 6.12. The highest BCUT2D eigenvalue weighted by molar-refractivity contribution is 5.16. The predicted octanol–water partition coefficient (Wildman–Crippen LogP) is 2.37. The molecule has 4 heterocycles. The van der Waals surface area contributed by atoms with Crippen LogP contribution in [0.15, 0.2) is 12.1 Å². The standard InChI is InChI=1S/C13H20N2/c1-10-3-4-11(2)15(10)13-9-14-7-5-12(13)6-8-14/h3-4,12-13H,5-9H2,1-2H3. The van der Waals surface area contributed by atoms with Crippen molar-refractivity contribution in [2.45, 2.75) is 32.7 Å². The van der Waals surface area contributed by atoms with Crippen LogP contribution in [0, 0.1) is 19.8 Å². The highest BCUT2D eigenvalue weighted by atomic mass is 15.2. The molecule has 1 atom stereocenters. The first-order valence-corrected chi connectivity index (χ1v) is 6.12. The van der Waals surface area contributed by atoms with Gasteiger partial charge in [0.2, 0.25) is 0 Å². The van der Waals surface area contributed by atoms with E-state index >= 15 is 0 Å². The molecule has 0 spiro atoms. The number of fused-ring (bicyclic) bond motifs is 3.